The molecule has 0 saturated carbocycles. The van der Waals surface area contributed by atoms with Crippen LogP contribution in [0.25, 0.3) is 44.1 Å². The van der Waals surface area contributed by atoms with Crippen molar-refractivity contribution in [3.8, 4) is 22.5 Å². The lowest BCUT2D eigenvalue weighted by molar-refractivity contribution is -0.976. The Morgan fingerprint density at radius 3 is 1.75 bits per heavy atom. The van der Waals surface area contributed by atoms with Crippen LogP contribution < -0.4 is 9.80 Å². The molecule has 5 heterocycles. The van der Waals surface area contributed by atoms with Gasteiger partial charge in [0.25, 0.3) is 0 Å². The molecule has 8 heteroatoms. The zero-order chi connectivity index (χ0) is 34.9. The topological polar surface area (TPSA) is 78.3 Å². The smallest absolute Gasteiger partial charge is 0.225 e. The average molecular weight is 691 g/mol. The number of anilines is 2. The summed E-state index contributed by atoms with van der Waals surface area (Å²) in [5, 5.41) is 17.3. The Morgan fingerprint density at radius 1 is 0.615 bits per heavy atom. The van der Waals surface area contributed by atoms with Crippen LogP contribution in [0, 0.1) is 11.8 Å². The summed E-state index contributed by atoms with van der Waals surface area (Å²) in [6.45, 7) is 6.64. The lowest BCUT2D eigenvalue weighted by atomic mass is 9.99. The zero-order valence-electron chi connectivity index (χ0n) is 29.9. The molecular weight excluding hydrogens is 643 g/mol. The number of hydrogen-bond donors (Lipinski definition) is 1. The molecule has 3 fully saturated rings. The van der Waals surface area contributed by atoms with Gasteiger partial charge < -0.3 is 14.9 Å². The first-order valence-corrected chi connectivity index (χ1v) is 19.3. The second kappa shape index (κ2) is 14.2. The maximum atomic E-state index is 12.4. The molecule has 9 rings (SSSR count). The highest BCUT2D eigenvalue weighted by molar-refractivity contribution is 5.87. The van der Waals surface area contributed by atoms with Crippen LogP contribution in [0.4, 0.5) is 11.9 Å². The molecule has 3 aliphatic heterocycles. The summed E-state index contributed by atoms with van der Waals surface area (Å²) in [6, 6.07) is 34.0. The molecule has 1 N–H and O–H groups in total. The number of quaternary nitrogens is 1. The Morgan fingerprint density at radius 2 is 1.15 bits per heavy atom. The Bertz CT molecular complexity index is 2180. The van der Waals surface area contributed by atoms with E-state index >= 15 is 0 Å². The molecule has 0 spiro atoms. The van der Waals surface area contributed by atoms with Crippen molar-refractivity contribution in [1.29, 1.82) is 0 Å². The highest BCUT2D eigenvalue weighted by atomic mass is 16.3. The van der Waals surface area contributed by atoms with E-state index in [1.807, 2.05) is 24.5 Å². The largest absolute Gasteiger partial charge is 0.344 e. The third-order valence-electron chi connectivity index (χ3n) is 12.0. The fourth-order valence-electron chi connectivity index (χ4n) is 9.23. The van der Waals surface area contributed by atoms with Crippen LogP contribution in [0.3, 0.4) is 0 Å². The molecule has 6 aromatic rings. The predicted octanol–water partition coefficient (Wildman–Crippen LogP) is 7.97. The molecule has 3 aliphatic rings. The van der Waals surface area contributed by atoms with E-state index in [4.69, 9.17) is 19.9 Å². The molecule has 264 valence electrons. The fraction of sp³-hybridized carbons (Fsp3) is 0.364. The van der Waals surface area contributed by atoms with E-state index in [2.05, 4.69) is 94.7 Å². The molecule has 8 nitrogen and oxygen atoms in total. The van der Waals surface area contributed by atoms with Crippen molar-refractivity contribution in [1.82, 2.24) is 19.9 Å². The molecule has 0 aliphatic carbocycles. The fourth-order valence-corrected chi connectivity index (χ4v) is 9.23. The summed E-state index contributed by atoms with van der Waals surface area (Å²) >= 11 is 0. The van der Waals surface area contributed by atoms with Gasteiger partial charge in [-0.2, -0.15) is 0 Å². The summed E-state index contributed by atoms with van der Waals surface area (Å²) in [5.41, 5.74) is 4.12. The van der Waals surface area contributed by atoms with Gasteiger partial charge in [-0.3, -0.25) is 4.48 Å². The minimum Gasteiger partial charge on any atom is -0.344 e. The van der Waals surface area contributed by atoms with Crippen LogP contribution in [0.1, 0.15) is 38.5 Å². The van der Waals surface area contributed by atoms with E-state index in [1.54, 1.807) is 0 Å². The van der Waals surface area contributed by atoms with E-state index in [-0.39, 0.29) is 5.92 Å². The summed E-state index contributed by atoms with van der Waals surface area (Å²) in [6.07, 6.45) is 10.3. The number of hydrogen-bond acceptors (Lipinski definition) is 7. The average Bonchev–Trinajstić information content (AvgIpc) is 3.83. The van der Waals surface area contributed by atoms with Crippen LogP contribution in [0.2, 0.25) is 0 Å². The van der Waals surface area contributed by atoms with Gasteiger partial charge in [0.15, 0.2) is 6.23 Å². The van der Waals surface area contributed by atoms with E-state index < -0.39 is 6.23 Å². The molecule has 3 saturated heterocycles. The molecule has 0 amide bonds. The van der Waals surface area contributed by atoms with E-state index in [0.29, 0.717) is 5.92 Å². The summed E-state index contributed by atoms with van der Waals surface area (Å²) in [5.74, 6) is 2.25. The maximum absolute atomic E-state index is 12.4. The van der Waals surface area contributed by atoms with Gasteiger partial charge in [0.2, 0.25) is 11.9 Å². The van der Waals surface area contributed by atoms with Crippen LogP contribution in [-0.2, 0) is 0 Å². The number of rotatable bonds is 8. The van der Waals surface area contributed by atoms with Crippen LogP contribution in [0.15, 0.2) is 109 Å². The molecule has 2 aromatic heterocycles. The predicted molar refractivity (Wildman–Crippen MR) is 210 cm³/mol. The Hall–Kier alpha value is -4.92. The number of nitrogens with zero attached hydrogens (tertiary/aromatic N) is 7. The molecule has 0 radical (unpaired) electrons. The maximum Gasteiger partial charge on any atom is 0.225 e. The lowest BCUT2D eigenvalue weighted by Gasteiger charge is -2.45. The number of aliphatic hydroxyl groups is 1. The second-order valence-electron chi connectivity index (χ2n) is 15.4. The van der Waals surface area contributed by atoms with Crippen molar-refractivity contribution in [3.05, 3.63) is 109 Å². The van der Waals surface area contributed by atoms with Crippen molar-refractivity contribution in [2.45, 2.75) is 44.8 Å². The highest BCUT2D eigenvalue weighted by Crippen LogP contribution is 2.35. The van der Waals surface area contributed by atoms with Gasteiger partial charge in [0.05, 0.1) is 36.9 Å². The summed E-state index contributed by atoms with van der Waals surface area (Å²) < 4.78 is 0.812. The van der Waals surface area contributed by atoms with Crippen molar-refractivity contribution >= 4 is 33.4 Å². The zero-order valence-corrected chi connectivity index (χ0v) is 29.9. The molecule has 4 aromatic carbocycles. The van der Waals surface area contributed by atoms with Crippen LogP contribution in [-0.4, -0.2) is 81.6 Å². The van der Waals surface area contributed by atoms with Crippen molar-refractivity contribution in [2.24, 2.45) is 11.8 Å². The normalized spacial score (nSPS) is 21.1. The van der Waals surface area contributed by atoms with E-state index in [0.717, 1.165) is 97.5 Å². The number of fused-ring (bicyclic) bond motifs is 2. The number of aromatic nitrogens is 4. The van der Waals surface area contributed by atoms with E-state index in [1.165, 1.54) is 47.2 Å². The highest BCUT2D eigenvalue weighted by Gasteiger charge is 2.46. The first-order chi connectivity index (χ1) is 25.6. The molecule has 0 bridgehead atoms. The van der Waals surface area contributed by atoms with Gasteiger partial charge in [-0.15, -0.1) is 0 Å². The minimum atomic E-state index is -0.395. The molecule has 3 atom stereocenters. The number of aliphatic hydroxyl groups excluding tert-OH is 1. The first-order valence-electron chi connectivity index (χ1n) is 19.3. The van der Waals surface area contributed by atoms with Gasteiger partial charge in [0, 0.05) is 55.6 Å². The standard InChI is InChI=1S/C44H48N7O/c52-42(39-20-24-50(30-39)44-46-22-18-41(48-44)38-16-14-34-10-4-6-12-36(34)28-38)51(25-7-1-2-8-26-51)31-32-19-23-49(29-32)43-45-21-17-40(47-43)37-15-13-33-9-3-5-11-35(33)27-37/h3-6,9-18,21-22,27-28,32,39,42,52H,1-2,7-8,19-20,23-26,29-31H2/q+1. The minimum absolute atomic E-state index is 0.186. The molecule has 52 heavy (non-hydrogen) atoms. The molecular formula is C44H48N7O+. The number of likely N-dealkylation sites (tertiary alicyclic amines) is 1. The lowest BCUT2D eigenvalue weighted by Crippen LogP contribution is -2.61. The molecule has 3 unspecified atom stereocenters. The van der Waals surface area contributed by atoms with Gasteiger partial charge in [-0.1, -0.05) is 72.8 Å². The quantitative estimate of drug-likeness (QED) is 0.162. The SMILES string of the molecule is OC(C1CCN(c2nccc(-c3ccc4ccccc4c3)n2)C1)[N+]1(CC2CCN(c3nccc(-c4ccc5ccccc5c4)n3)C2)CCCCCC1. The van der Waals surface area contributed by atoms with Gasteiger partial charge in [-0.25, -0.2) is 19.9 Å². The first kappa shape index (κ1) is 33.0. The van der Waals surface area contributed by atoms with E-state index in [9.17, 15) is 5.11 Å². The third-order valence-corrected chi connectivity index (χ3v) is 12.0. The number of benzene rings is 4. The summed E-state index contributed by atoms with van der Waals surface area (Å²) in [7, 11) is 0. The van der Waals surface area contributed by atoms with Crippen LogP contribution >= 0.6 is 0 Å². The van der Waals surface area contributed by atoms with Crippen molar-refractivity contribution in [3.63, 3.8) is 0 Å². The van der Waals surface area contributed by atoms with Crippen molar-refractivity contribution in [2.75, 3.05) is 55.6 Å². The van der Waals surface area contributed by atoms with Gasteiger partial charge in [0.1, 0.15) is 0 Å². The Balaban J connectivity index is 0.893. The van der Waals surface area contributed by atoms with Gasteiger partial charge in [-0.05, 0) is 84.3 Å². The third kappa shape index (κ3) is 6.61. The Kier molecular flexibility index (Phi) is 9.03. The second-order valence-corrected chi connectivity index (χ2v) is 15.4. The van der Waals surface area contributed by atoms with Crippen molar-refractivity contribution < 1.29 is 9.59 Å². The van der Waals surface area contributed by atoms with Crippen LogP contribution in [0.5, 0.6) is 0 Å². The van der Waals surface area contributed by atoms with Gasteiger partial charge >= 0.3 is 0 Å². The Labute approximate surface area is 306 Å². The monoisotopic (exact) mass is 690 g/mol. The summed E-state index contributed by atoms with van der Waals surface area (Å²) in [4.78, 5) is 24.2.